The van der Waals surface area contributed by atoms with Crippen molar-refractivity contribution in [2.45, 2.75) is 0 Å². The third-order valence-electron chi connectivity index (χ3n) is 4.54. The van der Waals surface area contributed by atoms with Crippen LogP contribution in [0.5, 0.6) is 5.75 Å². The molecule has 32 heavy (non-hydrogen) atoms. The second kappa shape index (κ2) is 9.04. The van der Waals surface area contributed by atoms with Gasteiger partial charge in [0.05, 0.1) is 21.3 Å². The molecule has 4 rings (SSSR count). The molecule has 0 saturated heterocycles. The van der Waals surface area contributed by atoms with Crippen LogP contribution in [0.1, 0.15) is 10.4 Å². The van der Waals surface area contributed by atoms with E-state index in [1.165, 1.54) is 24.3 Å². The molecule has 0 atom stereocenters. The number of ether oxygens (including phenoxy) is 1. The summed E-state index contributed by atoms with van der Waals surface area (Å²) in [6, 6.07) is 19.4. The number of carbonyl (C=O) groups is 3. The highest BCUT2D eigenvalue weighted by molar-refractivity contribution is 6.54. The number of carbonyl (C=O) groups excluding carboxylic acids is 3. The van der Waals surface area contributed by atoms with Gasteiger partial charge in [0.1, 0.15) is 16.5 Å². The van der Waals surface area contributed by atoms with E-state index in [4.69, 9.17) is 39.5 Å². The monoisotopic (exact) mass is 486 g/mol. The van der Waals surface area contributed by atoms with Crippen molar-refractivity contribution in [1.29, 1.82) is 0 Å². The lowest BCUT2D eigenvalue weighted by Gasteiger charge is -2.17. The number of amides is 2. The Labute approximate surface area is 197 Å². The highest BCUT2D eigenvalue weighted by Gasteiger charge is 2.40. The summed E-state index contributed by atoms with van der Waals surface area (Å²) in [5, 5.41) is 2.79. The van der Waals surface area contributed by atoms with Gasteiger partial charge < -0.3 is 10.1 Å². The highest BCUT2D eigenvalue weighted by Crippen LogP contribution is 2.37. The number of imide groups is 1. The van der Waals surface area contributed by atoms with Crippen molar-refractivity contribution < 1.29 is 19.1 Å². The van der Waals surface area contributed by atoms with Crippen LogP contribution in [0.4, 0.5) is 11.4 Å². The molecule has 0 spiro atoms. The van der Waals surface area contributed by atoms with Gasteiger partial charge in [0, 0.05) is 5.69 Å². The van der Waals surface area contributed by atoms with Crippen LogP contribution in [0.25, 0.3) is 0 Å². The first-order valence-electron chi connectivity index (χ1n) is 9.23. The molecule has 0 bridgehead atoms. The number of para-hydroxylation sites is 1. The third-order valence-corrected chi connectivity index (χ3v) is 5.70. The van der Waals surface area contributed by atoms with Gasteiger partial charge in [-0.3, -0.25) is 9.59 Å². The molecule has 0 fully saturated rings. The van der Waals surface area contributed by atoms with Crippen LogP contribution < -0.4 is 15.0 Å². The van der Waals surface area contributed by atoms with E-state index in [0.29, 0.717) is 17.0 Å². The molecular formula is C23H13Cl3N2O4. The van der Waals surface area contributed by atoms with Crippen LogP contribution >= 0.6 is 34.8 Å². The molecule has 9 heteroatoms. The fourth-order valence-electron chi connectivity index (χ4n) is 2.98. The van der Waals surface area contributed by atoms with E-state index in [1.807, 2.05) is 6.07 Å². The van der Waals surface area contributed by atoms with Crippen molar-refractivity contribution in [2.75, 3.05) is 10.2 Å². The predicted octanol–water partition coefficient (Wildman–Crippen LogP) is 5.65. The molecule has 0 unspecified atom stereocenters. The summed E-state index contributed by atoms with van der Waals surface area (Å²) in [6.45, 7) is 0. The van der Waals surface area contributed by atoms with Crippen molar-refractivity contribution in [1.82, 2.24) is 0 Å². The standard InChI is InChI=1S/C23H13Cl3N2O4/c24-16-7-4-8-17(18(16)25)28-21(29)19(26)20(22(28)30)27-14-11-9-13(10-12-14)23(31)32-15-5-2-1-3-6-15/h1-12,27H. The maximum atomic E-state index is 12.9. The Morgan fingerprint density at radius 3 is 2.19 bits per heavy atom. The summed E-state index contributed by atoms with van der Waals surface area (Å²) in [5.74, 6) is -1.52. The van der Waals surface area contributed by atoms with E-state index in [-0.39, 0.29) is 26.5 Å². The summed E-state index contributed by atoms with van der Waals surface area (Å²) < 4.78 is 5.29. The van der Waals surface area contributed by atoms with Gasteiger partial charge in [-0.15, -0.1) is 0 Å². The van der Waals surface area contributed by atoms with E-state index in [2.05, 4.69) is 5.32 Å². The van der Waals surface area contributed by atoms with Crippen LogP contribution in [-0.2, 0) is 9.59 Å². The lowest BCUT2D eigenvalue weighted by molar-refractivity contribution is -0.120. The molecule has 0 aromatic heterocycles. The van der Waals surface area contributed by atoms with Crippen molar-refractivity contribution in [3.63, 3.8) is 0 Å². The molecule has 2 amide bonds. The van der Waals surface area contributed by atoms with Crippen LogP contribution in [0.15, 0.2) is 83.5 Å². The van der Waals surface area contributed by atoms with Crippen molar-refractivity contribution in [2.24, 2.45) is 0 Å². The Morgan fingerprint density at radius 1 is 0.812 bits per heavy atom. The normalized spacial score (nSPS) is 13.5. The average molecular weight is 488 g/mol. The summed E-state index contributed by atoms with van der Waals surface area (Å²) in [7, 11) is 0. The average Bonchev–Trinajstić information content (AvgIpc) is 3.00. The van der Waals surface area contributed by atoms with Crippen LogP contribution in [0, 0.1) is 0 Å². The van der Waals surface area contributed by atoms with Crippen molar-refractivity contribution >= 4 is 64.0 Å². The smallest absolute Gasteiger partial charge is 0.343 e. The van der Waals surface area contributed by atoms with Gasteiger partial charge in [-0.1, -0.05) is 59.1 Å². The zero-order valence-electron chi connectivity index (χ0n) is 16.1. The Hall–Kier alpha value is -3.32. The molecule has 3 aromatic carbocycles. The summed E-state index contributed by atoms with van der Waals surface area (Å²) in [4.78, 5) is 38.6. The molecule has 1 aliphatic rings. The van der Waals surface area contributed by atoms with Crippen LogP contribution in [0.3, 0.4) is 0 Å². The number of anilines is 2. The minimum Gasteiger partial charge on any atom is -0.423 e. The van der Waals surface area contributed by atoms with Gasteiger partial charge in [-0.05, 0) is 48.5 Å². The fraction of sp³-hybridized carbons (Fsp3) is 0. The number of benzene rings is 3. The Kier molecular flexibility index (Phi) is 6.19. The number of nitrogens with one attached hydrogen (secondary N) is 1. The maximum absolute atomic E-state index is 12.9. The van der Waals surface area contributed by atoms with Gasteiger partial charge in [0.25, 0.3) is 11.8 Å². The minimum absolute atomic E-state index is 0.0582. The molecule has 1 aliphatic heterocycles. The predicted molar refractivity (Wildman–Crippen MR) is 123 cm³/mol. The first kappa shape index (κ1) is 21.9. The number of hydrogen-bond donors (Lipinski definition) is 1. The lowest BCUT2D eigenvalue weighted by Crippen LogP contribution is -2.32. The first-order valence-corrected chi connectivity index (χ1v) is 10.4. The fourth-order valence-corrected chi connectivity index (χ4v) is 3.58. The molecule has 0 radical (unpaired) electrons. The molecule has 6 nitrogen and oxygen atoms in total. The number of nitrogens with zero attached hydrogens (tertiary/aromatic N) is 1. The zero-order valence-corrected chi connectivity index (χ0v) is 18.4. The first-order chi connectivity index (χ1) is 15.4. The van der Waals surface area contributed by atoms with Gasteiger partial charge in [-0.2, -0.15) is 0 Å². The topological polar surface area (TPSA) is 75.7 Å². The highest BCUT2D eigenvalue weighted by atomic mass is 35.5. The number of halogens is 3. The van der Waals surface area contributed by atoms with Gasteiger partial charge in [-0.25, -0.2) is 9.69 Å². The molecule has 3 aromatic rings. The molecular weight excluding hydrogens is 475 g/mol. The molecule has 0 saturated carbocycles. The Bertz CT molecular complexity index is 1260. The number of esters is 1. The maximum Gasteiger partial charge on any atom is 0.343 e. The third kappa shape index (κ3) is 4.21. The van der Waals surface area contributed by atoms with E-state index in [0.717, 1.165) is 4.90 Å². The number of hydrogen-bond acceptors (Lipinski definition) is 5. The van der Waals surface area contributed by atoms with Gasteiger partial charge in [0.15, 0.2) is 0 Å². The van der Waals surface area contributed by atoms with E-state index in [1.54, 1.807) is 42.5 Å². The second-order valence-electron chi connectivity index (χ2n) is 6.61. The quantitative estimate of drug-likeness (QED) is 0.286. The second-order valence-corrected chi connectivity index (χ2v) is 7.78. The summed E-state index contributed by atoms with van der Waals surface area (Å²) in [5.41, 5.74) is 0.755. The van der Waals surface area contributed by atoms with Crippen molar-refractivity contribution in [3.05, 3.63) is 99.1 Å². The van der Waals surface area contributed by atoms with E-state index in [9.17, 15) is 14.4 Å². The Morgan fingerprint density at radius 2 is 1.50 bits per heavy atom. The molecule has 160 valence electrons. The molecule has 1 N–H and O–H groups in total. The van der Waals surface area contributed by atoms with E-state index < -0.39 is 17.8 Å². The van der Waals surface area contributed by atoms with Gasteiger partial charge >= 0.3 is 5.97 Å². The van der Waals surface area contributed by atoms with Gasteiger partial charge in [0.2, 0.25) is 0 Å². The summed E-state index contributed by atoms with van der Waals surface area (Å²) >= 11 is 18.3. The summed E-state index contributed by atoms with van der Waals surface area (Å²) in [6.07, 6.45) is 0. The lowest BCUT2D eigenvalue weighted by atomic mass is 10.2. The van der Waals surface area contributed by atoms with Crippen LogP contribution in [0.2, 0.25) is 10.0 Å². The molecule has 0 aliphatic carbocycles. The van der Waals surface area contributed by atoms with Crippen molar-refractivity contribution in [3.8, 4) is 5.75 Å². The number of rotatable bonds is 5. The van der Waals surface area contributed by atoms with Crippen LogP contribution in [-0.4, -0.2) is 17.8 Å². The zero-order chi connectivity index (χ0) is 22.8. The minimum atomic E-state index is -0.730. The van der Waals surface area contributed by atoms with E-state index >= 15 is 0 Å². The Balaban J connectivity index is 1.51. The SMILES string of the molecule is O=C(Oc1ccccc1)c1ccc(NC2=C(Cl)C(=O)N(c3cccc(Cl)c3Cl)C2=O)cc1. The largest absolute Gasteiger partial charge is 0.423 e. The molecule has 1 heterocycles.